The van der Waals surface area contributed by atoms with Crippen molar-refractivity contribution in [3.8, 4) is 33.8 Å². The summed E-state index contributed by atoms with van der Waals surface area (Å²) in [6.45, 7) is 0. The summed E-state index contributed by atoms with van der Waals surface area (Å²) in [7, 11) is 0. The first-order valence-electron chi connectivity index (χ1n) is 20.8. The normalized spacial score (nSPS) is 14.5. The summed E-state index contributed by atoms with van der Waals surface area (Å²) in [5, 5.41) is 6.11. The molecule has 2 N–H and O–H groups in total. The van der Waals surface area contributed by atoms with Gasteiger partial charge in [-0.3, -0.25) is 0 Å². The van der Waals surface area contributed by atoms with Gasteiger partial charge >= 0.3 is 0 Å². The Morgan fingerprint density at radius 1 is 0.583 bits per heavy atom. The minimum absolute atomic E-state index is 0.762. The van der Waals surface area contributed by atoms with Crippen LogP contribution in [0.4, 0.5) is 0 Å². The van der Waals surface area contributed by atoms with Crippen LogP contribution in [0.15, 0.2) is 200 Å². The van der Waals surface area contributed by atoms with Crippen molar-refractivity contribution in [3.63, 3.8) is 0 Å². The maximum absolute atomic E-state index is 6.78. The van der Waals surface area contributed by atoms with Crippen LogP contribution in [0.25, 0.3) is 94.0 Å². The van der Waals surface area contributed by atoms with E-state index < -0.39 is 0 Å². The molecule has 0 aliphatic heterocycles. The molecule has 4 nitrogen and oxygen atoms in total. The fraction of sp³-hybridized carbons (Fsp3) is 0.0536. The monoisotopic (exact) mass is 768 g/mol. The first kappa shape index (κ1) is 34.4. The molecule has 7 aromatic carbocycles. The zero-order valence-electron chi connectivity index (χ0n) is 33.0. The van der Waals surface area contributed by atoms with Gasteiger partial charge in [0.25, 0.3) is 0 Å². The lowest BCUT2D eigenvalue weighted by Crippen LogP contribution is -2.07. The number of para-hydroxylation sites is 3. The molecule has 2 aliphatic carbocycles. The molecular formula is C56H40N4. The highest BCUT2D eigenvalue weighted by molar-refractivity contribution is 6.15. The Hall–Kier alpha value is -7.69. The topological polar surface area (TPSA) is 48.8 Å². The third kappa shape index (κ3) is 5.49. The first-order valence-corrected chi connectivity index (χ1v) is 20.8. The summed E-state index contributed by atoms with van der Waals surface area (Å²) in [4.78, 5) is 5.08. The Morgan fingerprint density at radius 3 is 2.17 bits per heavy atom. The van der Waals surface area contributed by atoms with Crippen LogP contribution in [0.2, 0.25) is 0 Å². The van der Waals surface area contributed by atoms with Crippen molar-refractivity contribution in [1.82, 2.24) is 14.1 Å². The van der Waals surface area contributed by atoms with E-state index in [0.717, 1.165) is 58.4 Å². The summed E-state index contributed by atoms with van der Waals surface area (Å²) in [6.07, 6.45) is 15.5. The van der Waals surface area contributed by atoms with E-state index in [-0.39, 0.29) is 0 Å². The van der Waals surface area contributed by atoms with Gasteiger partial charge in [-0.1, -0.05) is 115 Å². The fourth-order valence-corrected chi connectivity index (χ4v) is 9.72. The van der Waals surface area contributed by atoms with Crippen LogP contribution in [0, 0.1) is 0 Å². The molecule has 4 heteroatoms. The van der Waals surface area contributed by atoms with Gasteiger partial charge in [-0.2, -0.15) is 0 Å². The summed E-state index contributed by atoms with van der Waals surface area (Å²) < 4.78 is 4.91. The van der Waals surface area contributed by atoms with E-state index in [9.17, 15) is 0 Å². The molecule has 3 aromatic heterocycles. The lowest BCUT2D eigenvalue weighted by atomic mass is 9.83. The molecule has 0 radical (unpaired) electrons. The fourth-order valence-electron chi connectivity index (χ4n) is 9.72. The van der Waals surface area contributed by atoms with Crippen LogP contribution >= 0.6 is 0 Å². The molecule has 0 bridgehead atoms. The highest BCUT2D eigenvalue weighted by Gasteiger charge is 2.26. The van der Waals surface area contributed by atoms with Crippen molar-refractivity contribution in [2.75, 3.05) is 0 Å². The van der Waals surface area contributed by atoms with Crippen LogP contribution in [0.1, 0.15) is 23.1 Å². The van der Waals surface area contributed by atoms with Gasteiger partial charge in [0.15, 0.2) is 0 Å². The second-order valence-corrected chi connectivity index (χ2v) is 16.1. The molecule has 284 valence electrons. The predicted molar refractivity (Wildman–Crippen MR) is 252 cm³/mol. The number of allylic oxidation sites excluding steroid dienone is 7. The number of hydrogen-bond acceptors (Lipinski definition) is 2. The zero-order valence-corrected chi connectivity index (χ0v) is 33.0. The second kappa shape index (κ2) is 13.7. The summed E-state index contributed by atoms with van der Waals surface area (Å²) >= 11 is 0. The van der Waals surface area contributed by atoms with E-state index in [1.54, 1.807) is 0 Å². The number of aryl methyl sites for hydroxylation is 2. The average molecular weight is 769 g/mol. The Morgan fingerprint density at radius 2 is 1.33 bits per heavy atom. The maximum Gasteiger partial charge on any atom is 0.0709 e. The van der Waals surface area contributed by atoms with Crippen molar-refractivity contribution in [2.45, 2.75) is 19.3 Å². The number of benzene rings is 7. The minimum atomic E-state index is 0.762. The quantitative estimate of drug-likeness (QED) is 0.190. The SMILES string of the molecule is N/C(=C\C=C1\C=CC=CC1)c1ccc2c(c1)c1cc3c(cc1n2-c1ccccc1)-c1ccc2c4cc(-c5ccc6ccccc6n5)ccc4n(-c4ccccc4)c2c1CC3. The Balaban J connectivity index is 1.06. The lowest BCUT2D eigenvalue weighted by molar-refractivity contribution is 0.944. The first-order chi connectivity index (χ1) is 29.7. The summed E-state index contributed by atoms with van der Waals surface area (Å²) in [6, 6.07) is 57.4. The maximum atomic E-state index is 6.78. The number of rotatable bonds is 5. The van der Waals surface area contributed by atoms with E-state index in [2.05, 4.69) is 197 Å². The van der Waals surface area contributed by atoms with Crippen molar-refractivity contribution >= 4 is 60.2 Å². The van der Waals surface area contributed by atoms with Gasteiger partial charge in [0, 0.05) is 49.6 Å². The van der Waals surface area contributed by atoms with E-state index in [0.29, 0.717) is 0 Å². The molecule has 0 saturated carbocycles. The largest absolute Gasteiger partial charge is 0.398 e. The van der Waals surface area contributed by atoms with E-state index >= 15 is 0 Å². The highest BCUT2D eigenvalue weighted by Crippen LogP contribution is 2.45. The number of nitrogens with two attached hydrogens (primary N) is 1. The van der Waals surface area contributed by atoms with E-state index in [1.165, 1.54) is 77.1 Å². The van der Waals surface area contributed by atoms with Crippen LogP contribution in [-0.2, 0) is 12.8 Å². The van der Waals surface area contributed by atoms with E-state index in [4.69, 9.17) is 10.7 Å². The van der Waals surface area contributed by atoms with Gasteiger partial charge in [0.05, 0.1) is 33.3 Å². The van der Waals surface area contributed by atoms with Crippen molar-refractivity contribution in [2.24, 2.45) is 5.73 Å². The van der Waals surface area contributed by atoms with Crippen LogP contribution in [-0.4, -0.2) is 14.1 Å². The molecule has 0 atom stereocenters. The molecule has 0 fully saturated rings. The van der Waals surface area contributed by atoms with Crippen molar-refractivity contribution in [1.29, 1.82) is 0 Å². The molecule has 0 spiro atoms. The molecule has 0 amide bonds. The zero-order chi connectivity index (χ0) is 39.7. The number of pyridine rings is 1. The average Bonchev–Trinajstić information content (AvgIpc) is 3.82. The molecular weight excluding hydrogens is 729 g/mol. The van der Waals surface area contributed by atoms with E-state index in [1.807, 2.05) is 6.08 Å². The Bertz CT molecular complexity index is 3500. The lowest BCUT2D eigenvalue weighted by Gasteiger charge is -2.23. The molecule has 2 aliphatic rings. The number of fused-ring (bicyclic) bond motifs is 11. The van der Waals surface area contributed by atoms with Crippen LogP contribution < -0.4 is 5.73 Å². The molecule has 12 rings (SSSR count). The summed E-state index contributed by atoms with van der Waals surface area (Å²) in [5.74, 6) is 0. The van der Waals surface area contributed by atoms with Crippen molar-refractivity contribution < 1.29 is 0 Å². The highest BCUT2D eigenvalue weighted by atomic mass is 15.0. The number of aromatic nitrogens is 3. The van der Waals surface area contributed by atoms with Gasteiger partial charge in [-0.15, -0.1) is 0 Å². The Kier molecular flexibility index (Phi) is 7.85. The Labute approximate surface area is 348 Å². The minimum Gasteiger partial charge on any atom is -0.398 e. The van der Waals surface area contributed by atoms with Gasteiger partial charge < -0.3 is 14.9 Å². The smallest absolute Gasteiger partial charge is 0.0709 e. The van der Waals surface area contributed by atoms with Gasteiger partial charge in [-0.25, -0.2) is 4.98 Å². The third-order valence-electron chi connectivity index (χ3n) is 12.6. The van der Waals surface area contributed by atoms with Crippen molar-refractivity contribution in [3.05, 3.63) is 216 Å². The summed E-state index contributed by atoms with van der Waals surface area (Å²) in [5.41, 5.74) is 25.5. The second-order valence-electron chi connectivity index (χ2n) is 16.1. The van der Waals surface area contributed by atoms with Crippen LogP contribution in [0.5, 0.6) is 0 Å². The number of hydrogen-bond donors (Lipinski definition) is 1. The van der Waals surface area contributed by atoms with Gasteiger partial charge in [0.2, 0.25) is 0 Å². The molecule has 3 heterocycles. The third-order valence-corrected chi connectivity index (χ3v) is 12.6. The predicted octanol–water partition coefficient (Wildman–Crippen LogP) is 13.6. The van der Waals surface area contributed by atoms with Gasteiger partial charge in [0.1, 0.15) is 0 Å². The molecule has 60 heavy (non-hydrogen) atoms. The molecule has 0 saturated heterocycles. The molecule has 0 unspecified atom stereocenters. The molecule has 10 aromatic rings. The van der Waals surface area contributed by atoms with Gasteiger partial charge in [-0.05, 0) is 132 Å². The number of nitrogens with zero attached hydrogens (tertiary/aromatic N) is 3. The van der Waals surface area contributed by atoms with Crippen LogP contribution in [0.3, 0.4) is 0 Å². The standard InChI is InChI=1S/C56H40N4/c57-50(28-20-36-12-4-1-5-13-36)39-23-30-53-48(33-39)49-32-38-21-25-44-43(46(38)35-55(49)59(53)41-15-6-2-7-16-41)26-27-45-47-34-40(52-29-22-37-14-10-11-19-51(37)58-52)24-31-54(47)60(56(44)45)42-17-8-3-9-18-42/h1-12,14-20,22-24,26-35H,13,21,25,57H2/b36-20-,50-28-.